The minimum Gasteiger partial charge on any atom is -0.465 e. The molecule has 0 aromatic rings. The van der Waals surface area contributed by atoms with Crippen molar-refractivity contribution in [3.8, 4) is 0 Å². The third-order valence-electron chi connectivity index (χ3n) is 1.80. The van der Waals surface area contributed by atoms with Crippen LogP contribution in [0, 0.1) is 5.92 Å². The van der Waals surface area contributed by atoms with E-state index in [4.69, 9.17) is 5.11 Å². The first-order valence-electron chi connectivity index (χ1n) is 3.85. The molecule has 0 unspecified atom stereocenters. The molecule has 0 radical (unpaired) electrons. The fourth-order valence-corrected chi connectivity index (χ4v) is 1.01. The van der Waals surface area contributed by atoms with E-state index in [1.165, 1.54) is 0 Å². The van der Waals surface area contributed by atoms with E-state index in [1.807, 2.05) is 0 Å². The molecule has 1 rings (SSSR count). The zero-order valence-electron chi connectivity index (χ0n) is 6.54. The van der Waals surface area contributed by atoms with Crippen molar-refractivity contribution < 1.29 is 18.7 Å². The third-order valence-corrected chi connectivity index (χ3v) is 1.80. The smallest absolute Gasteiger partial charge is 0.407 e. The number of halogens is 2. The van der Waals surface area contributed by atoms with Gasteiger partial charge in [-0.25, -0.2) is 13.6 Å². The monoisotopic (exact) mass is 179 g/mol. The van der Waals surface area contributed by atoms with Crippen LogP contribution in [0.3, 0.4) is 0 Å². The van der Waals surface area contributed by atoms with E-state index in [0.717, 1.165) is 17.7 Å². The van der Waals surface area contributed by atoms with Crippen LogP contribution in [-0.2, 0) is 0 Å². The molecule has 0 bridgehead atoms. The molecule has 3 nitrogen and oxygen atoms in total. The van der Waals surface area contributed by atoms with Gasteiger partial charge in [-0.05, 0) is 18.8 Å². The number of hydrogen-bond donors (Lipinski definition) is 1. The minimum absolute atomic E-state index is 0.264. The highest BCUT2D eigenvalue weighted by molar-refractivity contribution is 5.65. The molecule has 1 N–H and O–H groups in total. The van der Waals surface area contributed by atoms with Crippen LogP contribution >= 0.6 is 0 Å². The zero-order chi connectivity index (χ0) is 9.14. The van der Waals surface area contributed by atoms with Crippen molar-refractivity contribution in [2.45, 2.75) is 19.3 Å². The van der Waals surface area contributed by atoms with E-state index in [0.29, 0.717) is 5.92 Å². The van der Waals surface area contributed by atoms with Gasteiger partial charge in [-0.2, -0.15) is 0 Å². The maximum absolute atomic E-state index is 11.8. The molecule has 0 aliphatic heterocycles. The number of amides is 1. The summed E-state index contributed by atoms with van der Waals surface area (Å²) in [5.41, 5.74) is 0. The van der Waals surface area contributed by atoms with Crippen LogP contribution in [0.25, 0.3) is 0 Å². The molecule has 1 fully saturated rings. The Morgan fingerprint density at radius 2 is 2.17 bits per heavy atom. The zero-order valence-corrected chi connectivity index (χ0v) is 6.54. The Morgan fingerprint density at radius 3 is 2.50 bits per heavy atom. The molecule has 0 aromatic carbocycles. The van der Waals surface area contributed by atoms with E-state index in [-0.39, 0.29) is 6.54 Å². The van der Waals surface area contributed by atoms with Gasteiger partial charge in [-0.15, -0.1) is 0 Å². The summed E-state index contributed by atoms with van der Waals surface area (Å²) in [6.07, 6.45) is -1.89. The summed E-state index contributed by atoms with van der Waals surface area (Å²) < 4.78 is 23.6. The summed E-state index contributed by atoms with van der Waals surface area (Å²) >= 11 is 0. The number of hydrogen-bond acceptors (Lipinski definition) is 1. The normalized spacial score (nSPS) is 16.6. The van der Waals surface area contributed by atoms with Gasteiger partial charge < -0.3 is 10.0 Å². The second-order valence-electron chi connectivity index (χ2n) is 3.02. The van der Waals surface area contributed by atoms with Crippen molar-refractivity contribution in [3.05, 3.63) is 0 Å². The SMILES string of the molecule is O=C(O)N(CC(F)F)CC1CC1. The van der Waals surface area contributed by atoms with Gasteiger partial charge in [0.25, 0.3) is 6.43 Å². The first kappa shape index (κ1) is 9.22. The van der Waals surface area contributed by atoms with Gasteiger partial charge in [0.1, 0.15) is 0 Å². The fraction of sp³-hybridized carbons (Fsp3) is 0.857. The van der Waals surface area contributed by atoms with Crippen molar-refractivity contribution in [1.82, 2.24) is 4.90 Å². The lowest BCUT2D eigenvalue weighted by atomic mass is 10.4. The number of carbonyl (C=O) groups is 1. The Morgan fingerprint density at radius 1 is 1.58 bits per heavy atom. The van der Waals surface area contributed by atoms with Gasteiger partial charge in [-0.3, -0.25) is 0 Å². The predicted molar refractivity (Wildman–Crippen MR) is 38.3 cm³/mol. The first-order valence-corrected chi connectivity index (χ1v) is 3.85. The maximum Gasteiger partial charge on any atom is 0.407 e. The number of nitrogens with zero attached hydrogens (tertiary/aromatic N) is 1. The topological polar surface area (TPSA) is 40.5 Å². The van der Waals surface area contributed by atoms with Gasteiger partial charge in [0.2, 0.25) is 0 Å². The van der Waals surface area contributed by atoms with E-state index in [9.17, 15) is 13.6 Å². The summed E-state index contributed by atoms with van der Waals surface area (Å²) in [7, 11) is 0. The van der Waals surface area contributed by atoms with Crippen LogP contribution in [0.1, 0.15) is 12.8 Å². The van der Waals surface area contributed by atoms with Crippen LogP contribution in [0.4, 0.5) is 13.6 Å². The van der Waals surface area contributed by atoms with Crippen LogP contribution in [0.15, 0.2) is 0 Å². The Hall–Kier alpha value is -0.870. The third kappa shape index (κ3) is 3.02. The molecule has 0 saturated heterocycles. The molecule has 0 atom stereocenters. The summed E-state index contributed by atoms with van der Waals surface area (Å²) in [6.45, 7) is -0.397. The average Bonchev–Trinajstić information content (AvgIpc) is 2.68. The van der Waals surface area contributed by atoms with Crippen molar-refractivity contribution in [1.29, 1.82) is 0 Å². The highest BCUT2D eigenvalue weighted by Gasteiger charge is 2.27. The standard InChI is InChI=1S/C7H11F2NO2/c8-6(9)4-10(7(11)12)3-5-1-2-5/h5-6H,1-4H2,(H,11,12). The number of carboxylic acid groups (broad SMARTS) is 1. The van der Waals surface area contributed by atoms with Crippen molar-refractivity contribution in [2.24, 2.45) is 5.92 Å². The van der Waals surface area contributed by atoms with Crippen molar-refractivity contribution >= 4 is 6.09 Å². The summed E-state index contributed by atoms with van der Waals surface area (Å²) in [4.78, 5) is 11.2. The largest absolute Gasteiger partial charge is 0.465 e. The van der Waals surface area contributed by atoms with E-state index in [2.05, 4.69) is 0 Å². The first-order chi connectivity index (χ1) is 5.59. The minimum atomic E-state index is -2.57. The Balaban J connectivity index is 2.31. The van der Waals surface area contributed by atoms with Crippen LogP contribution < -0.4 is 0 Å². The number of alkyl halides is 2. The lowest BCUT2D eigenvalue weighted by Crippen LogP contribution is -2.35. The summed E-state index contributed by atoms with van der Waals surface area (Å²) in [6, 6.07) is 0. The molecular formula is C7H11F2NO2. The average molecular weight is 179 g/mol. The molecule has 1 aliphatic carbocycles. The highest BCUT2D eigenvalue weighted by Crippen LogP contribution is 2.29. The van der Waals surface area contributed by atoms with Crippen LogP contribution in [0.2, 0.25) is 0 Å². The highest BCUT2D eigenvalue weighted by atomic mass is 19.3. The summed E-state index contributed by atoms with van der Waals surface area (Å²) in [5.74, 6) is 0.319. The molecule has 0 aromatic heterocycles. The fourth-order valence-electron chi connectivity index (χ4n) is 1.01. The van der Waals surface area contributed by atoms with Gasteiger partial charge in [-0.1, -0.05) is 0 Å². The molecule has 1 saturated carbocycles. The molecule has 12 heavy (non-hydrogen) atoms. The van der Waals surface area contributed by atoms with Crippen LogP contribution in [-0.4, -0.2) is 35.6 Å². The van der Waals surface area contributed by atoms with Crippen molar-refractivity contribution in [2.75, 3.05) is 13.1 Å². The maximum atomic E-state index is 11.8. The van der Waals surface area contributed by atoms with Crippen molar-refractivity contribution in [3.63, 3.8) is 0 Å². The second-order valence-corrected chi connectivity index (χ2v) is 3.02. The van der Waals surface area contributed by atoms with E-state index in [1.54, 1.807) is 0 Å². The Bertz CT molecular complexity index is 167. The molecule has 5 heteroatoms. The van der Waals surface area contributed by atoms with E-state index >= 15 is 0 Å². The van der Waals surface area contributed by atoms with Gasteiger partial charge in [0, 0.05) is 6.54 Å². The van der Waals surface area contributed by atoms with Gasteiger partial charge in [0.15, 0.2) is 0 Å². The predicted octanol–water partition coefficient (Wildman–Crippen LogP) is 1.64. The molecule has 1 amide bonds. The molecule has 1 aliphatic rings. The lowest BCUT2D eigenvalue weighted by Gasteiger charge is -2.17. The molecule has 0 spiro atoms. The summed E-state index contributed by atoms with van der Waals surface area (Å²) in [5, 5.41) is 8.49. The lowest BCUT2D eigenvalue weighted by molar-refractivity contribution is 0.0779. The quantitative estimate of drug-likeness (QED) is 0.712. The molecule has 70 valence electrons. The Kier molecular flexibility index (Phi) is 2.83. The molecule has 0 heterocycles. The van der Waals surface area contributed by atoms with Gasteiger partial charge >= 0.3 is 6.09 Å². The van der Waals surface area contributed by atoms with E-state index < -0.39 is 19.1 Å². The van der Waals surface area contributed by atoms with Gasteiger partial charge in [0.05, 0.1) is 6.54 Å². The van der Waals surface area contributed by atoms with Crippen LogP contribution in [0.5, 0.6) is 0 Å². The Labute approximate surface area is 69.0 Å². The molecular weight excluding hydrogens is 168 g/mol. The second kappa shape index (κ2) is 3.69. The number of rotatable bonds is 4.